The Morgan fingerprint density at radius 1 is 1.15 bits per heavy atom. The zero-order valence-corrected chi connectivity index (χ0v) is 8.22. The average molecular weight is 196 g/mol. The number of ether oxygens (including phenoxy) is 1. The Bertz CT molecular complexity index is 304. The van der Waals surface area contributed by atoms with E-state index < -0.39 is 0 Å². The van der Waals surface area contributed by atoms with Gasteiger partial charge in [0, 0.05) is 5.92 Å². The molecule has 0 aromatic carbocycles. The summed E-state index contributed by atoms with van der Waals surface area (Å²) in [6.07, 6.45) is 6.70. The lowest BCUT2D eigenvalue weighted by Crippen LogP contribution is -2.24. The summed E-state index contributed by atoms with van der Waals surface area (Å²) in [5.74, 6) is 0.705. The van der Waals surface area contributed by atoms with E-state index in [1.807, 2.05) is 0 Å². The lowest BCUT2D eigenvalue weighted by Gasteiger charge is -2.24. The van der Waals surface area contributed by atoms with Crippen molar-refractivity contribution in [2.45, 2.75) is 44.1 Å². The summed E-state index contributed by atoms with van der Waals surface area (Å²) in [7, 11) is 0. The fraction of sp³-hybridized carbons (Fsp3) is 0.778. The Morgan fingerprint density at radius 3 is 2.62 bits per heavy atom. The van der Waals surface area contributed by atoms with Crippen molar-refractivity contribution in [3.8, 4) is 5.19 Å². The highest BCUT2D eigenvalue weighted by molar-refractivity contribution is 7.13. The van der Waals surface area contributed by atoms with E-state index in [0.29, 0.717) is 12.0 Å². The van der Waals surface area contributed by atoms with Crippen molar-refractivity contribution in [1.82, 2.24) is 10.2 Å². The Labute approximate surface area is 81.1 Å². The van der Waals surface area contributed by atoms with Crippen molar-refractivity contribution >= 4 is 11.3 Å². The summed E-state index contributed by atoms with van der Waals surface area (Å²) >= 11 is 1.64. The van der Waals surface area contributed by atoms with Crippen LogP contribution >= 0.6 is 11.3 Å². The summed E-state index contributed by atoms with van der Waals surface area (Å²) in [5.41, 5.74) is 0. The molecule has 70 valence electrons. The minimum absolute atomic E-state index is 0.431. The molecule has 2 aliphatic carbocycles. The van der Waals surface area contributed by atoms with Crippen LogP contribution in [0.15, 0.2) is 0 Å². The summed E-state index contributed by atoms with van der Waals surface area (Å²) in [4.78, 5) is 0. The van der Waals surface area contributed by atoms with Gasteiger partial charge in [0.15, 0.2) is 0 Å². The molecule has 2 fully saturated rings. The van der Waals surface area contributed by atoms with Crippen LogP contribution < -0.4 is 4.74 Å². The largest absolute Gasteiger partial charge is 0.466 e. The van der Waals surface area contributed by atoms with Crippen LogP contribution in [0.4, 0.5) is 0 Å². The fourth-order valence-corrected chi connectivity index (χ4v) is 2.32. The maximum Gasteiger partial charge on any atom is 0.294 e. The number of aromatic nitrogens is 2. The first kappa shape index (κ1) is 7.74. The molecule has 0 atom stereocenters. The van der Waals surface area contributed by atoms with Gasteiger partial charge in [-0.3, -0.25) is 0 Å². The van der Waals surface area contributed by atoms with E-state index in [-0.39, 0.29) is 0 Å². The molecule has 13 heavy (non-hydrogen) atoms. The third kappa shape index (κ3) is 1.55. The van der Waals surface area contributed by atoms with Crippen LogP contribution in [0.2, 0.25) is 0 Å². The highest BCUT2D eigenvalue weighted by atomic mass is 32.1. The number of hydrogen-bond acceptors (Lipinski definition) is 4. The molecule has 1 aromatic rings. The van der Waals surface area contributed by atoms with Gasteiger partial charge in [0.25, 0.3) is 5.19 Å². The second kappa shape index (κ2) is 2.94. The lowest BCUT2D eigenvalue weighted by molar-refractivity contribution is 0.119. The zero-order valence-electron chi connectivity index (χ0n) is 7.40. The van der Waals surface area contributed by atoms with Crippen molar-refractivity contribution < 1.29 is 4.74 Å². The normalized spacial score (nSPS) is 22.8. The van der Waals surface area contributed by atoms with E-state index in [4.69, 9.17) is 4.74 Å². The zero-order chi connectivity index (χ0) is 8.67. The molecule has 2 aliphatic rings. The molecule has 0 aliphatic heterocycles. The van der Waals surface area contributed by atoms with Crippen LogP contribution in [0.25, 0.3) is 0 Å². The Balaban J connectivity index is 1.66. The van der Waals surface area contributed by atoms with Gasteiger partial charge in [-0.15, -0.1) is 10.2 Å². The van der Waals surface area contributed by atoms with Gasteiger partial charge in [-0.2, -0.15) is 0 Å². The van der Waals surface area contributed by atoms with Gasteiger partial charge in [0.1, 0.15) is 11.1 Å². The van der Waals surface area contributed by atoms with E-state index in [2.05, 4.69) is 10.2 Å². The van der Waals surface area contributed by atoms with E-state index >= 15 is 0 Å². The maximum absolute atomic E-state index is 5.65. The van der Waals surface area contributed by atoms with Crippen molar-refractivity contribution in [2.75, 3.05) is 0 Å². The van der Waals surface area contributed by atoms with Crippen LogP contribution in [-0.2, 0) is 0 Å². The third-order valence-electron chi connectivity index (χ3n) is 2.67. The molecule has 0 saturated heterocycles. The second-order valence-electron chi connectivity index (χ2n) is 3.85. The van der Waals surface area contributed by atoms with Gasteiger partial charge in [0.05, 0.1) is 0 Å². The number of hydrogen-bond donors (Lipinski definition) is 0. The molecule has 0 N–H and O–H groups in total. The smallest absolute Gasteiger partial charge is 0.294 e. The topological polar surface area (TPSA) is 35.0 Å². The molecule has 0 spiro atoms. The van der Waals surface area contributed by atoms with Crippen molar-refractivity contribution in [1.29, 1.82) is 0 Å². The molecular formula is C9H12N2OS. The molecule has 4 heteroatoms. The van der Waals surface area contributed by atoms with E-state index in [0.717, 1.165) is 5.19 Å². The molecule has 1 heterocycles. The van der Waals surface area contributed by atoms with E-state index in [1.54, 1.807) is 11.3 Å². The first-order chi connectivity index (χ1) is 6.42. The summed E-state index contributed by atoms with van der Waals surface area (Å²) in [6, 6.07) is 0. The average Bonchev–Trinajstić information content (AvgIpc) is 2.80. The molecule has 3 nitrogen and oxygen atoms in total. The minimum Gasteiger partial charge on any atom is -0.466 e. The molecular weight excluding hydrogens is 184 g/mol. The molecule has 1 aromatic heterocycles. The Morgan fingerprint density at radius 2 is 2.00 bits per heavy atom. The Kier molecular flexibility index (Phi) is 1.75. The molecule has 0 bridgehead atoms. The first-order valence-corrected chi connectivity index (χ1v) is 5.73. The summed E-state index contributed by atoms with van der Waals surface area (Å²) in [6.45, 7) is 0. The van der Waals surface area contributed by atoms with E-state index in [9.17, 15) is 0 Å². The van der Waals surface area contributed by atoms with Crippen molar-refractivity contribution in [3.63, 3.8) is 0 Å². The highest BCUT2D eigenvalue weighted by Crippen LogP contribution is 2.42. The van der Waals surface area contributed by atoms with Crippen LogP contribution in [-0.4, -0.2) is 16.3 Å². The van der Waals surface area contributed by atoms with Gasteiger partial charge in [0.2, 0.25) is 0 Å². The minimum atomic E-state index is 0.431. The van der Waals surface area contributed by atoms with Crippen molar-refractivity contribution in [2.24, 2.45) is 0 Å². The van der Waals surface area contributed by atoms with Crippen LogP contribution in [0.1, 0.15) is 43.0 Å². The van der Waals surface area contributed by atoms with Gasteiger partial charge in [-0.05, 0) is 32.1 Å². The predicted octanol–water partition coefficient (Wildman–Crippen LogP) is 2.35. The summed E-state index contributed by atoms with van der Waals surface area (Å²) < 4.78 is 5.65. The number of rotatable bonds is 3. The van der Waals surface area contributed by atoms with Gasteiger partial charge in [-0.1, -0.05) is 11.3 Å². The van der Waals surface area contributed by atoms with Crippen LogP contribution in [0.3, 0.4) is 0 Å². The molecule has 2 saturated carbocycles. The van der Waals surface area contributed by atoms with Gasteiger partial charge < -0.3 is 4.74 Å². The monoisotopic (exact) mass is 196 g/mol. The van der Waals surface area contributed by atoms with E-state index in [1.165, 1.54) is 37.1 Å². The SMILES string of the molecule is C1CC(Oc2nnc(C3CC3)s2)C1. The number of nitrogens with zero attached hydrogens (tertiary/aromatic N) is 2. The quantitative estimate of drug-likeness (QED) is 0.744. The molecule has 3 rings (SSSR count). The van der Waals surface area contributed by atoms with Crippen molar-refractivity contribution in [3.05, 3.63) is 5.01 Å². The third-order valence-corrected chi connectivity index (χ3v) is 3.64. The maximum atomic E-state index is 5.65. The molecule has 0 radical (unpaired) electrons. The first-order valence-electron chi connectivity index (χ1n) is 4.92. The molecule has 0 amide bonds. The summed E-state index contributed by atoms with van der Waals surface area (Å²) in [5, 5.41) is 10.1. The predicted molar refractivity (Wildman–Crippen MR) is 50.2 cm³/mol. The van der Waals surface area contributed by atoms with Gasteiger partial charge in [-0.25, -0.2) is 0 Å². The molecule has 0 unspecified atom stereocenters. The van der Waals surface area contributed by atoms with Crippen LogP contribution in [0, 0.1) is 0 Å². The van der Waals surface area contributed by atoms with Gasteiger partial charge >= 0.3 is 0 Å². The lowest BCUT2D eigenvalue weighted by atomic mass is 9.96. The fourth-order valence-electron chi connectivity index (χ4n) is 1.39. The highest BCUT2D eigenvalue weighted by Gasteiger charge is 2.28. The standard InChI is InChI=1S/C9H12N2OS/c1-2-7(3-1)12-9-11-10-8(13-9)6-4-5-6/h6-7H,1-5H2. The second-order valence-corrected chi connectivity index (χ2v) is 4.82. The van der Waals surface area contributed by atoms with Crippen LogP contribution in [0.5, 0.6) is 5.19 Å². The Hall–Kier alpha value is -0.640.